The van der Waals surface area contributed by atoms with E-state index in [1.165, 1.54) is 31.1 Å². The van der Waals surface area contributed by atoms with Gasteiger partial charge in [0.15, 0.2) is 5.82 Å². The lowest BCUT2D eigenvalue weighted by Crippen LogP contribution is -2.03. The van der Waals surface area contributed by atoms with Crippen LogP contribution in [-0.2, 0) is 0 Å². The number of benzene rings is 6. The number of fused-ring (bicyclic) bond motifs is 15. The molecule has 0 aliphatic rings. The highest BCUT2D eigenvalue weighted by atomic mass is 32.1. The van der Waals surface area contributed by atoms with Crippen LogP contribution in [-0.4, -0.2) is 23.9 Å². The quantitative estimate of drug-likeness (QED) is 0.194. The molecule has 0 fully saturated rings. The Morgan fingerprint density at radius 3 is 2.04 bits per heavy atom. The normalized spacial score (nSPS) is 12.3. The predicted molar refractivity (Wildman–Crippen MR) is 196 cm³/mol. The third-order valence-electron chi connectivity index (χ3n) is 9.49. The van der Waals surface area contributed by atoms with Crippen LogP contribution in [0.3, 0.4) is 0 Å². The monoisotopic (exact) mass is 617 g/mol. The largest absolute Gasteiger partial charge is 0.291 e. The van der Waals surface area contributed by atoms with Crippen LogP contribution in [0.15, 0.2) is 140 Å². The second-order valence-electron chi connectivity index (χ2n) is 12.0. The number of thiophene rings is 1. The van der Waals surface area contributed by atoms with Gasteiger partial charge in [0.2, 0.25) is 0 Å². The molecule has 6 heteroatoms. The first kappa shape index (κ1) is 25.1. The highest BCUT2D eigenvalue weighted by Crippen LogP contribution is 2.44. The van der Waals surface area contributed by atoms with Gasteiger partial charge in [0.05, 0.1) is 32.3 Å². The van der Waals surface area contributed by atoms with Crippen molar-refractivity contribution in [2.45, 2.75) is 0 Å². The van der Waals surface area contributed by atoms with Crippen LogP contribution in [0.5, 0.6) is 0 Å². The van der Waals surface area contributed by atoms with Crippen LogP contribution < -0.4 is 0 Å². The predicted octanol–water partition coefficient (Wildman–Crippen LogP) is 10.7. The molecule has 0 aliphatic carbocycles. The number of imidazole rings is 1. The van der Waals surface area contributed by atoms with Crippen molar-refractivity contribution in [3.63, 3.8) is 0 Å². The van der Waals surface area contributed by atoms with E-state index in [9.17, 15) is 0 Å². The summed E-state index contributed by atoms with van der Waals surface area (Å²) >= 11 is 1.86. The maximum Gasteiger partial charge on any atom is 0.162 e. The summed E-state index contributed by atoms with van der Waals surface area (Å²) in [5.74, 6) is 1.55. The number of pyridine rings is 1. The summed E-state index contributed by atoms with van der Waals surface area (Å²) in [6.07, 6.45) is 0. The zero-order valence-electron chi connectivity index (χ0n) is 24.9. The lowest BCUT2D eigenvalue weighted by molar-refractivity contribution is 1.08. The van der Waals surface area contributed by atoms with Crippen molar-refractivity contribution in [3.8, 4) is 17.2 Å². The zero-order chi connectivity index (χ0) is 30.6. The highest BCUT2D eigenvalue weighted by Gasteiger charge is 2.23. The first-order valence-corrected chi connectivity index (χ1v) is 16.5. The van der Waals surface area contributed by atoms with Gasteiger partial charge in [-0.2, -0.15) is 0 Å². The van der Waals surface area contributed by atoms with Crippen LogP contribution in [0.4, 0.5) is 0 Å². The molecule has 0 saturated heterocycles. The zero-order valence-corrected chi connectivity index (χ0v) is 25.7. The fraction of sp³-hybridized carbons (Fsp3) is 0. The molecule has 0 amide bonds. The number of aromatic nitrogens is 5. The first-order chi connectivity index (χ1) is 23.3. The summed E-state index contributed by atoms with van der Waals surface area (Å²) in [6.45, 7) is 0. The highest BCUT2D eigenvalue weighted by molar-refractivity contribution is 7.26. The molecular formula is C41H23N5S. The van der Waals surface area contributed by atoms with E-state index in [-0.39, 0.29) is 0 Å². The van der Waals surface area contributed by atoms with E-state index in [2.05, 4.69) is 124 Å². The molecule has 47 heavy (non-hydrogen) atoms. The van der Waals surface area contributed by atoms with Gasteiger partial charge in [0.1, 0.15) is 17.0 Å². The number of hydrogen-bond acceptors (Lipinski definition) is 4. The summed E-state index contributed by atoms with van der Waals surface area (Å²) in [6, 6.07) is 49.1. The number of para-hydroxylation sites is 2. The lowest BCUT2D eigenvalue weighted by Gasteiger charge is -2.12. The van der Waals surface area contributed by atoms with E-state index in [1.807, 2.05) is 35.6 Å². The molecule has 0 radical (unpaired) electrons. The minimum absolute atomic E-state index is 0.699. The number of nitrogens with zero attached hydrogens (tertiary/aromatic N) is 5. The Bertz CT molecular complexity index is 3080. The molecule has 0 bridgehead atoms. The molecule has 0 aliphatic heterocycles. The average molecular weight is 618 g/mol. The summed E-state index contributed by atoms with van der Waals surface area (Å²) in [5, 5.41) is 6.94. The molecule has 0 spiro atoms. The molecule has 0 saturated carbocycles. The topological polar surface area (TPSA) is 48.0 Å². The van der Waals surface area contributed by atoms with E-state index in [1.54, 1.807) is 0 Å². The summed E-state index contributed by atoms with van der Waals surface area (Å²) in [4.78, 5) is 15.9. The van der Waals surface area contributed by atoms with E-state index in [0.29, 0.717) is 5.82 Å². The Hall–Kier alpha value is -6.11. The van der Waals surface area contributed by atoms with Crippen molar-refractivity contribution < 1.29 is 0 Å². The summed E-state index contributed by atoms with van der Waals surface area (Å²) < 4.78 is 7.27. The minimum Gasteiger partial charge on any atom is -0.291 e. The maximum absolute atomic E-state index is 5.55. The van der Waals surface area contributed by atoms with E-state index in [0.717, 1.165) is 60.8 Å². The Balaban J connectivity index is 1.38. The second-order valence-corrected chi connectivity index (χ2v) is 13.1. The Morgan fingerprint density at radius 1 is 0.468 bits per heavy atom. The van der Waals surface area contributed by atoms with Crippen LogP contribution in [0.1, 0.15) is 0 Å². The van der Waals surface area contributed by atoms with Crippen molar-refractivity contribution in [2.24, 2.45) is 0 Å². The number of hydrogen-bond donors (Lipinski definition) is 0. The van der Waals surface area contributed by atoms with Crippen LogP contribution >= 0.6 is 11.3 Å². The van der Waals surface area contributed by atoms with Gasteiger partial charge >= 0.3 is 0 Å². The van der Waals surface area contributed by atoms with Crippen molar-refractivity contribution in [2.75, 3.05) is 0 Å². The van der Waals surface area contributed by atoms with E-state index >= 15 is 0 Å². The van der Waals surface area contributed by atoms with Crippen molar-refractivity contribution in [3.05, 3.63) is 140 Å². The van der Waals surface area contributed by atoms with Gasteiger partial charge in [-0.05, 0) is 36.4 Å². The second kappa shape index (κ2) is 9.22. The molecule has 0 unspecified atom stereocenters. The van der Waals surface area contributed by atoms with Crippen LogP contribution in [0.2, 0.25) is 0 Å². The molecule has 5 heterocycles. The van der Waals surface area contributed by atoms with Gasteiger partial charge in [-0.3, -0.25) is 8.97 Å². The fourth-order valence-corrected chi connectivity index (χ4v) is 8.70. The van der Waals surface area contributed by atoms with E-state index in [4.69, 9.17) is 15.0 Å². The third kappa shape index (κ3) is 3.34. The average Bonchev–Trinajstić information content (AvgIpc) is 3.82. The Kier molecular flexibility index (Phi) is 4.93. The molecule has 6 aromatic carbocycles. The molecule has 11 aromatic rings. The van der Waals surface area contributed by atoms with Crippen molar-refractivity contribution >= 4 is 91.8 Å². The SMILES string of the molecule is c1ccc(-c2nc(-n3c4ccccc4c4ccc5c(nc6c7ccccc7c7sc8ccccc8c7n56)c43)c3ccccc3n2)cc1. The molecule has 218 valence electrons. The molecule has 5 nitrogen and oxygen atoms in total. The van der Waals surface area contributed by atoms with Crippen LogP contribution in [0, 0.1) is 0 Å². The van der Waals surface area contributed by atoms with Gasteiger partial charge in [0, 0.05) is 42.6 Å². The maximum atomic E-state index is 5.55. The summed E-state index contributed by atoms with van der Waals surface area (Å²) in [7, 11) is 0. The van der Waals surface area contributed by atoms with Crippen LogP contribution in [0.25, 0.3) is 97.7 Å². The minimum atomic E-state index is 0.699. The third-order valence-corrected chi connectivity index (χ3v) is 10.7. The molecule has 0 atom stereocenters. The summed E-state index contributed by atoms with van der Waals surface area (Å²) in [5.41, 5.74) is 8.24. The van der Waals surface area contributed by atoms with Gasteiger partial charge in [-0.25, -0.2) is 15.0 Å². The fourth-order valence-electron chi connectivity index (χ4n) is 7.48. The number of rotatable bonds is 2. The van der Waals surface area contributed by atoms with E-state index < -0.39 is 0 Å². The van der Waals surface area contributed by atoms with Gasteiger partial charge in [-0.1, -0.05) is 103 Å². The lowest BCUT2D eigenvalue weighted by atomic mass is 10.1. The Labute approximate surface area is 271 Å². The molecule has 11 rings (SSSR count). The van der Waals surface area contributed by atoms with Crippen molar-refractivity contribution in [1.82, 2.24) is 23.9 Å². The molecular weight excluding hydrogens is 595 g/mol. The molecule has 5 aromatic heterocycles. The molecule has 0 N–H and O–H groups in total. The van der Waals surface area contributed by atoms with Crippen molar-refractivity contribution in [1.29, 1.82) is 0 Å². The first-order valence-electron chi connectivity index (χ1n) is 15.7. The van der Waals surface area contributed by atoms with Gasteiger partial charge in [0.25, 0.3) is 0 Å². The smallest absolute Gasteiger partial charge is 0.162 e. The Morgan fingerprint density at radius 2 is 1.17 bits per heavy atom. The standard InChI is InChI=1S/C41H23N5S/c1-2-12-24(13-3-1)39-42-31-19-9-6-17-29(31)41(44-39)45-32-20-10-7-14-25(32)26-22-23-33-35(36(26)45)43-40-28-16-5-4-15-27(28)38-37(46(33)40)30-18-8-11-21-34(30)47-38/h1-23H. The van der Waals surface area contributed by atoms with Gasteiger partial charge in [-0.15, -0.1) is 11.3 Å². The van der Waals surface area contributed by atoms with Gasteiger partial charge < -0.3 is 0 Å².